The zero-order valence-corrected chi connectivity index (χ0v) is 13.0. The van der Waals surface area contributed by atoms with Crippen LogP contribution in [0.3, 0.4) is 0 Å². The summed E-state index contributed by atoms with van der Waals surface area (Å²) in [5.41, 5.74) is 2.66. The van der Waals surface area contributed by atoms with Crippen LogP contribution in [0.5, 0.6) is 5.75 Å². The molecule has 3 rings (SSSR count). The van der Waals surface area contributed by atoms with E-state index in [1.165, 1.54) is 0 Å². The molecule has 0 bridgehead atoms. The number of fused-ring (bicyclic) bond motifs is 1. The Labute approximate surface area is 129 Å². The predicted molar refractivity (Wildman–Crippen MR) is 88.8 cm³/mol. The van der Waals surface area contributed by atoms with E-state index in [1.807, 2.05) is 51.1 Å². The van der Waals surface area contributed by atoms with Crippen LogP contribution in [0.1, 0.15) is 20.8 Å². The van der Waals surface area contributed by atoms with Crippen molar-refractivity contribution >= 4 is 16.9 Å². The van der Waals surface area contributed by atoms with Gasteiger partial charge in [0.1, 0.15) is 0 Å². The summed E-state index contributed by atoms with van der Waals surface area (Å²) >= 11 is 0. The summed E-state index contributed by atoms with van der Waals surface area (Å²) in [5.74, 6) is 0.339. The summed E-state index contributed by atoms with van der Waals surface area (Å²) in [6.07, 6.45) is 1.74. The van der Waals surface area contributed by atoms with E-state index in [1.54, 1.807) is 6.20 Å². The van der Waals surface area contributed by atoms with Crippen LogP contribution in [0.25, 0.3) is 22.0 Å². The molecule has 0 unspecified atom stereocenters. The maximum Gasteiger partial charge on any atom is 0.316 e. The molecule has 0 radical (unpaired) electrons. The lowest BCUT2D eigenvalue weighted by Crippen LogP contribution is -2.25. The molecule has 0 saturated carbocycles. The third-order valence-corrected chi connectivity index (χ3v) is 3.57. The van der Waals surface area contributed by atoms with Crippen LogP contribution < -0.4 is 4.74 Å². The van der Waals surface area contributed by atoms with Gasteiger partial charge in [0, 0.05) is 17.1 Å². The second kappa shape index (κ2) is 5.34. The molecule has 0 fully saturated rings. The second-order valence-corrected chi connectivity index (χ2v) is 6.42. The molecule has 2 aromatic carbocycles. The summed E-state index contributed by atoms with van der Waals surface area (Å²) in [7, 11) is 0. The number of carbonyl (C=O) groups is 1. The number of aromatic nitrogens is 1. The number of rotatable bonds is 2. The monoisotopic (exact) mass is 293 g/mol. The number of ether oxygens (including phenoxy) is 1. The predicted octanol–water partition coefficient (Wildman–Crippen LogP) is 4.79. The van der Waals surface area contributed by atoms with Crippen molar-refractivity contribution in [3.05, 3.63) is 54.7 Å². The minimum Gasteiger partial charge on any atom is -0.424 e. The molecule has 0 aliphatic heterocycles. The van der Waals surface area contributed by atoms with Gasteiger partial charge in [0.25, 0.3) is 0 Å². The maximum atomic E-state index is 12.1. The number of carbonyl (C=O) groups excluding carboxylic acids is 1. The standard InChI is InChI=1S/C19H19NO2/c1-19(2,3)18(21)22-17-12-20-16-10-9-14(11-15(16)17)13-7-5-4-6-8-13/h4-12,20H,1-3H3. The SMILES string of the molecule is CC(C)(C)C(=O)Oc1c[nH]c2ccc(-c3ccccc3)cc12. The van der Waals surface area contributed by atoms with Gasteiger partial charge in [-0.1, -0.05) is 36.4 Å². The van der Waals surface area contributed by atoms with E-state index in [-0.39, 0.29) is 5.97 Å². The van der Waals surface area contributed by atoms with Gasteiger partial charge in [-0.15, -0.1) is 0 Å². The largest absolute Gasteiger partial charge is 0.424 e. The summed E-state index contributed by atoms with van der Waals surface area (Å²) < 4.78 is 5.55. The van der Waals surface area contributed by atoms with Gasteiger partial charge >= 0.3 is 5.97 Å². The topological polar surface area (TPSA) is 42.1 Å². The highest BCUT2D eigenvalue weighted by molar-refractivity contribution is 5.92. The molecule has 3 aromatic rings. The Morgan fingerprint density at radius 2 is 1.73 bits per heavy atom. The highest BCUT2D eigenvalue weighted by atomic mass is 16.5. The molecule has 0 aliphatic rings. The molecule has 3 heteroatoms. The number of hydrogen-bond acceptors (Lipinski definition) is 2. The Hall–Kier alpha value is -2.55. The molecule has 0 saturated heterocycles. The molecule has 3 nitrogen and oxygen atoms in total. The Morgan fingerprint density at radius 1 is 1.00 bits per heavy atom. The molecule has 0 atom stereocenters. The minimum atomic E-state index is -0.527. The van der Waals surface area contributed by atoms with Crippen molar-refractivity contribution < 1.29 is 9.53 Å². The second-order valence-electron chi connectivity index (χ2n) is 6.42. The van der Waals surface area contributed by atoms with Crippen LogP contribution in [0.4, 0.5) is 0 Å². The van der Waals surface area contributed by atoms with Gasteiger partial charge in [-0.3, -0.25) is 4.79 Å². The zero-order valence-electron chi connectivity index (χ0n) is 13.0. The van der Waals surface area contributed by atoms with Crippen molar-refractivity contribution in [3.8, 4) is 16.9 Å². The fourth-order valence-electron chi connectivity index (χ4n) is 2.24. The minimum absolute atomic E-state index is 0.237. The lowest BCUT2D eigenvalue weighted by molar-refractivity contribution is -0.142. The third kappa shape index (κ3) is 2.75. The van der Waals surface area contributed by atoms with Gasteiger partial charge in [0.15, 0.2) is 5.75 Å². The highest BCUT2D eigenvalue weighted by Gasteiger charge is 2.24. The first-order chi connectivity index (χ1) is 10.4. The summed E-state index contributed by atoms with van der Waals surface area (Å²) in [5, 5.41) is 0.916. The molecule has 22 heavy (non-hydrogen) atoms. The number of hydrogen-bond donors (Lipinski definition) is 1. The number of benzene rings is 2. The van der Waals surface area contributed by atoms with Crippen molar-refractivity contribution in [1.29, 1.82) is 0 Å². The summed E-state index contributed by atoms with van der Waals surface area (Å²) in [6, 6.07) is 16.3. The van der Waals surface area contributed by atoms with E-state index < -0.39 is 5.41 Å². The molecular formula is C19H19NO2. The molecule has 0 aliphatic carbocycles. The molecule has 0 amide bonds. The van der Waals surface area contributed by atoms with Crippen LogP contribution in [0, 0.1) is 5.41 Å². The molecule has 1 heterocycles. The number of nitrogens with one attached hydrogen (secondary N) is 1. The quantitative estimate of drug-likeness (QED) is 0.690. The normalized spacial score (nSPS) is 11.6. The van der Waals surface area contributed by atoms with Gasteiger partial charge < -0.3 is 9.72 Å². The average molecular weight is 293 g/mol. The lowest BCUT2D eigenvalue weighted by atomic mass is 9.97. The van der Waals surface area contributed by atoms with E-state index in [4.69, 9.17) is 4.74 Å². The van der Waals surface area contributed by atoms with Gasteiger partial charge in [-0.2, -0.15) is 0 Å². The number of aromatic amines is 1. The molecule has 1 aromatic heterocycles. The van der Waals surface area contributed by atoms with Crippen LogP contribution >= 0.6 is 0 Å². The highest BCUT2D eigenvalue weighted by Crippen LogP contribution is 2.31. The Kier molecular flexibility index (Phi) is 3.49. The maximum absolute atomic E-state index is 12.1. The van der Waals surface area contributed by atoms with Crippen LogP contribution in [-0.2, 0) is 4.79 Å². The van der Waals surface area contributed by atoms with Crippen LogP contribution in [0.2, 0.25) is 0 Å². The van der Waals surface area contributed by atoms with Crippen molar-refractivity contribution in [2.75, 3.05) is 0 Å². The van der Waals surface area contributed by atoms with Crippen LogP contribution in [-0.4, -0.2) is 11.0 Å². The van der Waals surface area contributed by atoms with E-state index in [9.17, 15) is 4.79 Å². The summed E-state index contributed by atoms with van der Waals surface area (Å²) in [4.78, 5) is 15.2. The molecule has 1 N–H and O–H groups in total. The van der Waals surface area contributed by atoms with Crippen LogP contribution in [0.15, 0.2) is 54.7 Å². The fourth-order valence-corrected chi connectivity index (χ4v) is 2.24. The van der Waals surface area contributed by atoms with Gasteiger partial charge in [-0.05, 0) is 44.0 Å². The van der Waals surface area contributed by atoms with E-state index >= 15 is 0 Å². The van der Waals surface area contributed by atoms with E-state index in [0.717, 1.165) is 22.0 Å². The summed E-state index contributed by atoms with van der Waals surface area (Å²) in [6.45, 7) is 5.54. The van der Waals surface area contributed by atoms with E-state index in [2.05, 4.69) is 23.2 Å². The third-order valence-electron chi connectivity index (χ3n) is 3.57. The van der Waals surface area contributed by atoms with Gasteiger partial charge in [-0.25, -0.2) is 0 Å². The smallest absolute Gasteiger partial charge is 0.316 e. The van der Waals surface area contributed by atoms with E-state index in [0.29, 0.717) is 5.75 Å². The molecular weight excluding hydrogens is 274 g/mol. The van der Waals surface area contributed by atoms with Crippen molar-refractivity contribution in [1.82, 2.24) is 4.98 Å². The lowest BCUT2D eigenvalue weighted by Gasteiger charge is -2.15. The fraction of sp³-hybridized carbons (Fsp3) is 0.211. The van der Waals surface area contributed by atoms with Gasteiger partial charge in [0.2, 0.25) is 0 Å². The molecule has 112 valence electrons. The Bertz CT molecular complexity index is 810. The average Bonchev–Trinajstić information content (AvgIpc) is 2.89. The van der Waals surface area contributed by atoms with Crippen molar-refractivity contribution in [3.63, 3.8) is 0 Å². The zero-order chi connectivity index (χ0) is 15.7. The number of H-pyrrole nitrogens is 1. The first kappa shape index (κ1) is 14.4. The van der Waals surface area contributed by atoms with Crippen molar-refractivity contribution in [2.24, 2.45) is 5.41 Å². The first-order valence-corrected chi connectivity index (χ1v) is 7.34. The number of esters is 1. The van der Waals surface area contributed by atoms with Gasteiger partial charge in [0.05, 0.1) is 5.41 Å². The molecule has 0 spiro atoms. The van der Waals surface area contributed by atoms with Crippen molar-refractivity contribution in [2.45, 2.75) is 20.8 Å². The Balaban J connectivity index is 2.01. The Morgan fingerprint density at radius 3 is 2.41 bits per heavy atom. The first-order valence-electron chi connectivity index (χ1n) is 7.34.